The van der Waals surface area contributed by atoms with Crippen molar-refractivity contribution >= 4 is 23.4 Å². The second-order valence-corrected chi connectivity index (χ2v) is 6.63. The van der Waals surface area contributed by atoms with Gasteiger partial charge in [-0.25, -0.2) is 0 Å². The van der Waals surface area contributed by atoms with Crippen molar-refractivity contribution < 1.29 is 14.4 Å². The maximum absolute atomic E-state index is 11.9. The Morgan fingerprint density at radius 3 is 2.08 bits per heavy atom. The van der Waals surface area contributed by atoms with Gasteiger partial charge >= 0.3 is 0 Å². The molecule has 0 aliphatic heterocycles. The highest BCUT2D eigenvalue weighted by molar-refractivity contribution is 5.94. The monoisotopic (exact) mass is 361 g/mol. The van der Waals surface area contributed by atoms with Gasteiger partial charge in [0.25, 0.3) is 0 Å². The molecule has 0 atom stereocenters. The number of carbonyl (C=O) groups excluding carboxylic acids is 3. The number of nitrogens with one attached hydrogen (secondary N) is 3. The molecule has 1 aromatic rings. The molecule has 0 bridgehead atoms. The number of amides is 3. The van der Waals surface area contributed by atoms with Crippen LogP contribution in [-0.2, 0) is 14.4 Å². The van der Waals surface area contributed by atoms with Crippen LogP contribution in [-0.4, -0.2) is 17.7 Å². The lowest BCUT2D eigenvalue weighted by Gasteiger charge is -2.10. The van der Waals surface area contributed by atoms with E-state index in [9.17, 15) is 14.4 Å². The molecule has 0 radical (unpaired) electrons. The average molecular weight is 361 g/mol. The summed E-state index contributed by atoms with van der Waals surface area (Å²) >= 11 is 0. The van der Waals surface area contributed by atoms with E-state index in [4.69, 9.17) is 0 Å². The largest absolute Gasteiger partial charge is 0.326 e. The highest BCUT2D eigenvalue weighted by Gasteiger charge is 2.09. The van der Waals surface area contributed by atoms with Gasteiger partial charge in [-0.05, 0) is 31.9 Å². The molecule has 1 rings (SSSR count). The first kappa shape index (κ1) is 21.7. The molecular formula is C20H31N3O3. The second kappa shape index (κ2) is 12.1. The van der Waals surface area contributed by atoms with E-state index in [0.29, 0.717) is 6.42 Å². The topological polar surface area (TPSA) is 87.3 Å². The molecule has 0 fully saturated rings. The van der Waals surface area contributed by atoms with Gasteiger partial charge in [-0.15, -0.1) is 0 Å². The van der Waals surface area contributed by atoms with Crippen LogP contribution in [0.5, 0.6) is 0 Å². The van der Waals surface area contributed by atoms with Gasteiger partial charge in [-0.3, -0.25) is 25.2 Å². The van der Waals surface area contributed by atoms with Gasteiger partial charge in [0.05, 0.1) is 0 Å². The predicted molar refractivity (Wildman–Crippen MR) is 103 cm³/mol. The molecule has 3 N–H and O–H groups in total. The van der Waals surface area contributed by atoms with E-state index in [0.717, 1.165) is 36.1 Å². The number of unbranched alkanes of at least 4 members (excludes halogenated alkanes) is 4. The van der Waals surface area contributed by atoms with Crippen LogP contribution >= 0.6 is 0 Å². The number of carbonyl (C=O) groups is 3. The SMILES string of the molecule is CCCCCCCC(=O)NNC(=O)CCC(=O)Nc1ccc(C)cc1C. The molecule has 0 spiro atoms. The Kier molecular flexibility index (Phi) is 10.1. The second-order valence-electron chi connectivity index (χ2n) is 6.63. The van der Waals surface area contributed by atoms with Gasteiger partial charge in [0.15, 0.2) is 0 Å². The van der Waals surface area contributed by atoms with Crippen LogP contribution in [0, 0.1) is 13.8 Å². The van der Waals surface area contributed by atoms with Crippen LogP contribution < -0.4 is 16.2 Å². The van der Waals surface area contributed by atoms with Crippen molar-refractivity contribution in [2.75, 3.05) is 5.32 Å². The minimum Gasteiger partial charge on any atom is -0.326 e. The minimum absolute atomic E-state index is 0.0214. The molecule has 0 saturated carbocycles. The van der Waals surface area contributed by atoms with Gasteiger partial charge in [-0.2, -0.15) is 0 Å². The van der Waals surface area contributed by atoms with E-state index < -0.39 is 0 Å². The first-order valence-electron chi connectivity index (χ1n) is 9.37. The van der Waals surface area contributed by atoms with Crippen molar-refractivity contribution in [2.24, 2.45) is 0 Å². The molecule has 3 amide bonds. The number of benzene rings is 1. The summed E-state index contributed by atoms with van der Waals surface area (Å²) in [4.78, 5) is 35.3. The van der Waals surface area contributed by atoms with Crippen molar-refractivity contribution in [1.29, 1.82) is 0 Å². The van der Waals surface area contributed by atoms with Gasteiger partial charge in [0.1, 0.15) is 0 Å². The van der Waals surface area contributed by atoms with Crippen molar-refractivity contribution in [3.05, 3.63) is 29.3 Å². The molecule has 0 unspecified atom stereocenters. The molecule has 6 nitrogen and oxygen atoms in total. The summed E-state index contributed by atoms with van der Waals surface area (Å²) in [6.45, 7) is 6.06. The van der Waals surface area contributed by atoms with Gasteiger partial charge in [0, 0.05) is 24.9 Å². The predicted octanol–water partition coefficient (Wildman–Crippen LogP) is 3.53. The van der Waals surface area contributed by atoms with Crippen molar-refractivity contribution in [3.8, 4) is 0 Å². The zero-order valence-corrected chi connectivity index (χ0v) is 16.1. The van der Waals surface area contributed by atoms with Crippen molar-refractivity contribution in [2.45, 2.75) is 72.1 Å². The minimum atomic E-state index is -0.375. The summed E-state index contributed by atoms with van der Waals surface area (Å²) in [5, 5.41) is 2.80. The lowest BCUT2D eigenvalue weighted by Crippen LogP contribution is -2.41. The van der Waals surface area contributed by atoms with E-state index in [2.05, 4.69) is 23.1 Å². The number of rotatable bonds is 10. The van der Waals surface area contributed by atoms with Crippen LogP contribution in [0.2, 0.25) is 0 Å². The molecule has 26 heavy (non-hydrogen) atoms. The van der Waals surface area contributed by atoms with Crippen molar-refractivity contribution in [1.82, 2.24) is 10.9 Å². The summed E-state index contributed by atoms with van der Waals surface area (Å²) < 4.78 is 0. The lowest BCUT2D eigenvalue weighted by molar-refractivity contribution is -0.129. The van der Waals surface area contributed by atoms with Gasteiger partial charge < -0.3 is 5.32 Å². The fourth-order valence-electron chi connectivity index (χ4n) is 2.55. The zero-order chi connectivity index (χ0) is 19.4. The summed E-state index contributed by atoms with van der Waals surface area (Å²) in [5.74, 6) is -0.802. The Hall–Kier alpha value is -2.37. The lowest BCUT2D eigenvalue weighted by atomic mass is 10.1. The maximum Gasteiger partial charge on any atom is 0.238 e. The number of hydrogen-bond donors (Lipinski definition) is 3. The number of aryl methyl sites for hydroxylation is 2. The van der Waals surface area contributed by atoms with Crippen LogP contribution in [0.15, 0.2) is 18.2 Å². The van der Waals surface area contributed by atoms with Gasteiger partial charge in [-0.1, -0.05) is 50.3 Å². The van der Waals surface area contributed by atoms with E-state index in [1.165, 1.54) is 12.8 Å². The molecule has 0 heterocycles. The van der Waals surface area contributed by atoms with Crippen LogP contribution in [0.4, 0.5) is 5.69 Å². The Morgan fingerprint density at radius 1 is 0.808 bits per heavy atom. The molecule has 0 aliphatic rings. The molecule has 0 saturated heterocycles. The maximum atomic E-state index is 11.9. The molecule has 0 aliphatic carbocycles. The first-order chi connectivity index (χ1) is 12.4. The summed E-state index contributed by atoms with van der Waals surface area (Å²) in [5.41, 5.74) is 7.60. The normalized spacial score (nSPS) is 10.3. The Labute approximate surface area is 156 Å². The van der Waals surface area contributed by atoms with Gasteiger partial charge in [0.2, 0.25) is 17.7 Å². The summed E-state index contributed by atoms with van der Waals surface area (Å²) in [7, 11) is 0. The Morgan fingerprint density at radius 2 is 1.42 bits per heavy atom. The third-order valence-corrected chi connectivity index (χ3v) is 4.08. The zero-order valence-electron chi connectivity index (χ0n) is 16.1. The van der Waals surface area contributed by atoms with Crippen LogP contribution in [0.25, 0.3) is 0 Å². The number of hydrogen-bond acceptors (Lipinski definition) is 3. The smallest absolute Gasteiger partial charge is 0.238 e. The highest BCUT2D eigenvalue weighted by Crippen LogP contribution is 2.16. The highest BCUT2D eigenvalue weighted by atomic mass is 16.2. The first-order valence-corrected chi connectivity index (χ1v) is 9.37. The van der Waals surface area contributed by atoms with Crippen LogP contribution in [0.3, 0.4) is 0 Å². The van der Waals surface area contributed by atoms with E-state index in [1.807, 2.05) is 32.0 Å². The average Bonchev–Trinajstić information content (AvgIpc) is 2.60. The molecule has 6 heteroatoms. The number of anilines is 1. The van der Waals surface area contributed by atoms with E-state index in [1.54, 1.807) is 0 Å². The van der Waals surface area contributed by atoms with Crippen molar-refractivity contribution in [3.63, 3.8) is 0 Å². The fourth-order valence-corrected chi connectivity index (χ4v) is 2.55. The van der Waals surface area contributed by atoms with Crippen LogP contribution in [0.1, 0.15) is 69.4 Å². The molecule has 0 aromatic heterocycles. The van der Waals surface area contributed by atoms with E-state index in [-0.39, 0.29) is 30.6 Å². The summed E-state index contributed by atoms with van der Waals surface area (Å²) in [6, 6.07) is 5.76. The number of hydrazine groups is 1. The van der Waals surface area contributed by atoms with E-state index >= 15 is 0 Å². The molecular weight excluding hydrogens is 330 g/mol. The third kappa shape index (κ3) is 9.20. The standard InChI is InChI=1S/C20H31N3O3/c1-4-5-6-7-8-9-19(25)22-23-20(26)13-12-18(24)21-17-11-10-15(2)14-16(17)3/h10-11,14H,4-9,12-13H2,1-3H3,(H,21,24)(H,22,25)(H,23,26). The fraction of sp³-hybridized carbons (Fsp3) is 0.550. The summed E-state index contributed by atoms with van der Waals surface area (Å²) in [6.07, 6.45) is 5.80. The Bertz CT molecular complexity index is 614. The third-order valence-electron chi connectivity index (χ3n) is 4.08. The molecule has 1 aromatic carbocycles. The quantitative estimate of drug-likeness (QED) is 0.440. The Balaban J connectivity index is 2.19. The molecule has 144 valence electrons.